The van der Waals surface area contributed by atoms with Gasteiger partial charge in [-0.25, -0.2) is 4.79 Å². The molecule has 0 radical (unpaired) electrons. The van der Waals surface area contributed by atoms with Crippen LogP contribution in [0.3, 0.4) is 0 Å². The van der Waals surface area contributed by atoms with Gasteiger partial charge in [-0.2, -0.15) is 0 Å². The molecular weight excluding hydrogens is 218 g/mol. The van der Waals surface area contributed by atoms with Crippen LogP contribution >= 0.6 is 0 Å². The van der Waals surface area contributed by atoms with Crippen molar-refractivity contribution in [3.05, 3.63) is 35.9 Å². The van der Waals surface area contributed by atoms with Crippen molar-refractivity contribution in [2.45, 2.75) is 0 Å². The topological polar surface area (TPSA) is 67.6 Å². The SMILES string of the molecule is N=C(c1ccccc1)N1CCN(C(=O)O)CC1. The van der Waals surface area contributed by atoms with Crippen LogP contribution in [0, 0.1) is 5.41 Å². The molecule has 0 saturated carbocycles. The van der Waals surface area contributed by atoms with Crippen LogP contribution in [-0.2, 0) is 0 Å². The summed E-state index contributed by atoms with van der Waals surface area (Å²) in [6.07, 6.45) is -0.879. The summed E-state index contributed by atoms with van der Waals surface area (Å²) in [4.78, 5) is 14.0. The average molecular weight is 233 g/mol. The molecule has 5 heteroatoms. The number of amides is 1. The second-order valence-corrected chi connectivity index (χ2v) is 3.97. The second kappa shape index (κ2) is 4.86. The second-order valence-electron chi connectivity index (χ2n) is 3.97. The molecule has 17 heavy (non-hydrogen) atoms. The number of rotatable bonds is 1. The average Bonchev–Trinajstić information content (AvgIpc) is 2.39. The van der Waals surface area contributed by atoms with E-state index in [1.165, 1.54) is 4.90 Å². The summed E-state index contributed by atoms with van der Waals surface area (Å²) in [6.45, 7) is 2.09. The van der Waals surface area contributed by atoms with Gasteiger partial charge < -0.3 is 14.9 Å². The highest BCUT2D eigenvalue weighted by molar-refractivity contribution is 5.96. The quantitative estimate of drug-likeness (QED) is 0.567. The van der Waals surface area contributed by atoms with Crippen molar-refractivity contribution in [2.24, 2.45) is 0 Å². The first-order valence-corrected chi connectivity index (χ1v) is 5.55. The summed E-state index contributed by atoms with van der Waals surface area (Å²) in [7, 11) is 0. The third-order valence-electron chi connectivity index (χ3n) is 2.91. The minimum atomic E-state index is -0.879. The molecule has 1 aliphatic heterocycles. The standard InChI is InChI=1S/C12H15N3O2/c13-11(10-4-2-1-3-5-10)14-6-8-15(9-7-14)12(16)17/h1-5,13H,6-9H2,(H,16,17). The van der Waals surface area contributed by atoms with Crippen molar-refractivity contribution in [1.82, 2.24) is 9.80 Å². The van der Waals surface area contributed by atoms with E-state index >= 15 is 0 Å². The normalized spacial score (nSPS) is 15.8. The van der Waals surface area contributed by atoms with E-state index in [9.17, 15) is 4.79 Å². The Morgan fingerprint density at radius 3 is 2.12 bits per heavy atom. The molecule has 1 saturated heterocycles. The van der Waals surface area contributed by atoms with Crippen molar-refractivity contribution in [3.8, 4) is 0 Å². The molecule has 0 bridgehead atoms. The third kappa shape index (κ3) is 2.55. The molecule has 0 atom stereocenters. The van der Waals surface area contributed by atoms with Gasteiger partial charge in [0.1, 0.15) is 5.84 Å². The number of hydrogen-bond acceptors (Lipinski definition) is 2. The first-order valence-electron chi connectivity index (χ1n) is 5.55. The van der Waals surface area contributed by atoms with Crippen molar-refractivity contribution in [2.75, 3.05) is 26.2 Å². The van der Waals surface area contributed by atoms with Crippen LogP contribution < -0.4 is 0 Å². The fourth-order valence-corrected chi connectivity index (χ4v) is 1.90. The molecule has 1 fully saturated rings. The Kier molecular flexibility index (Phi) is 3.27. The molecule has 0 unspecified atom stereocenters. The van der Waals surface area contributed by atoms with Gasteiger partial charge in [0.05, 0.1) is 0 Å². The molecule has 1 heterocycles. The van der Waals surface area contributed by atoms with E-state index in [2.05, 4.69) is 0 Å². The van der Waals surface area contributed by atoms with Crippen molar-refractivity contribution in [1.29, 1.82) is 5.41 Å². The van der Waals surface area contributed by atoms with Crippen molar-refractivity contribution in [3.63, 3.8) is 0 Å². The fraction of sp³-hybridized carbons (Fsp3) is 0.333. The summed E-state index contributed by atoms with van der Waals surface area (Å²) < 4.78 is 0. The van der Waals surface area contributed by atoms with E-state index in [1.807, 2.05) is 35.2 Å². The minimum Gasteiger partial charge on any atom is -0.465 e. The molecule has 90 valence electrons. The van der Waals surface area contributed by atoms with Crippen LogP contribution in [0.25, 0.3) is 0 Å². The van der Waals surface area contributed by atoms with Gasteiger partial charge in [-0.15, -0.1) is 0 Å². The highest BCUT2D eigenvalue weighted by atomic mass is 16.4. The van der Waals surface area contributed by atoms with Gasteiger partial charge in [-0.05, 0) is 0 Å². The Balaban J connectivity index is 1.98. The Hall–Kier alpha value is -2.04. The van der Waals surface area contributed by atoms with E-state index < -0.39 is 6.09 Å². The van der Waals surface area contributed by atoms with Gasteiger partial charge in [0.15, 0.2) is 0 Å². The zero-order valence-corrected chi connectivity index (χ0v) is 9.47. The van der Waals surface area contributed by atoms with Gasteiger partial charge in [-0.1, -0.05) is 30.3 Å². The molecule has 1 amide bonds. The Labute approximate surface area is 99.8 Å². The maximum atomic E-state index is 10.8. The predicted molar refractivity (Wildman–Crippen MR) is 64.4 cm³/mol. The minimum absolute atomic E-state index is 0.463. The van der Waals surface area contributed by atoms with Crippen molar-refractivity contribution < 1.29 is 9.90 Å². The number of nitrogens with one attached hydrogen (secondary N) is 1. The van der Waals surface area contributed by atoms with Crippen LogP contribution in [-0.4, -0.2) is 53.0 Å². The summed E-state index contributed by atoms with van der Waals surface area (Å²) in [5.41, 5.74) is 0.872. The van der Waals surface area contributed by atoms with Crippen LogP contribution in [0.4, 0.5) is 4.79 Å². The summed E-state index contributed by atoms with van der Waals surface area (Å²) >= 11 is 0. The molecule has 2 rings (SSSR count). The maximum Gasteiger partial charge on any atom is 0.407 e. The first-order chi connectivity index (χ1) is 8.18. The monoisotopic (exact) mass is 233 g/mol. The van der Waals surface area contributed by atoms with E-state index in [1.54, 1.807) is 0 Å². The van der Waals surface area contributed by atoms with Crippen molar-refractivity contribution >= 4 is 11.9 Å². The molecular formula is C12H15N3O2. The molecule has 1 aliphatic rings. The lowest BCUT2D eigenvalue weighted by Crippen LogP contribution is -2.50. The lowest BCUT2D eigenvalue weighted by molar-refractivity contribution is 0.124. The molecule has 5 nitrogen and oxygen atoms in total. The lowest BCUT2D eigenvalue weighted by atomic mass is 10.2. The number of nitrogens with zero attached hydrogens (tertiary/aromatic N) is 2. The van der Waals surface area contributed by atoms with E-state index in [0.717, 1.165) is 5.56 Å². The predicted octanol–water partition coefficient (Wildman–Crippen LogP) is 1.31. The summed E-state index contributed by atoms with van der Waals surface area (Å²) in [5, 5.41) is 16.9. The number of carboxylic acid groups (broad SMARTS) is 1. The zero-order chi connectivity index (χ0) is 12.3. The highest BCUT2D eigenvalue weighted by Crippen LogP contribution is 2.08. The van der Waals surface area contributed by atoms with Gasteiger partial charge >= 0.3 is 6.09 Å². The Bertz CT molecular complexity index is 411. The summed E-state index contributed by atoms with van der Waals surface area (Å²) in [5.74, 6) is 0.468. The summed E-state index contributed by atoms with van der Waals surface area (Å²) in [6, 6.07) is 9.51. The lowest BCUT2D eigenvalue weighted by Gasteiger charge is -2.34. The van der Waals surface area contributed by atoms with E-state index in [-0.39, 0.29) is 0 Å². The smallest absolute Gasteiger partial charge is 0.407 e. The number of piperazine rings is 1. The van der Waals surface area contributed by atoms with Gasteiger partial charge in [0.2, 0.25) is 0 Å². The van der Waals surface area contributed by atoms with Gasteiger partial charge in [0.25, 0.3) is 0 Å². The Morgan fingerprint density at radius 1 is 1.06 bits per heavy atom. The largest absolute Gasteiger partial charge is 0.465 e. The van der Waals surface area contributed by atoms with Gasteiger partial charge in [0, 0.05) is 31.7 Å². The number of amidine groups is 1. The van der Waals surface area contributed by atoms with Crippen LogP contribution in [0.2, 0.25) is 0 Å². The molecule has 0 aliphatic carbocycles. The number of carbonyl (C=O) groups is 1. The zero-order valence-electron chi connectivity index (χ0n) is 9.47. The third-order valence-corrected chi connectivity index (χ3v) is 2.91. The number of benzene rings is 1. The molecule has 1 aromatic carbocycles. The maximum absolute atomic E-state index is 10.8. The van der Waals surface area contributed by atoms with E-state index in [4.69, 9.17) is 10.5 Å². The molecule has 2 N–H and O–H groups in total. The van der Waals surface area contributed by atoms with Gasteiger partial charge in [-0.3, -0.25) is 5.41 Å². The highest BCUT2D eigenvalue weighted by Gasteiger charge is 2.22. The first kappa shape index (κ1) is 11.4. The van der Waals surface area contributed by atoms with Crippen LogP contribution in [0.1, 0.15) is 5.56 Å². The molecule has 1 aromatic rings. The van der Waals surface area contributed by atoms with Crippen LogP contribution in [0.5, 0.6) is 0 Å². The molecule has 0 aromatic heterocycles. The fourth-order valence-electron chi connectivity index (χ4n) is 1.90. The van der Waals surface area contributed by atoms with E-state index in [0.29, 0.717) is 32.0 Å². The van der Waals surface area contributed by atoms with Crippen LogP contribution in [0.15, 0.2) is 30.3 Å². The molecule has 0 spiro atoms. The Morgan fingerprint density at radius 2 is 1.59 bits per heavy atom. The number of hydrogen-bond donors (Lipinski definition) is 2.